The highest BCUT2D eigenvalue weighted by Crippen LogP contribution is 2.33. The first-order chi connectivity index (χ1) is 6.56. The van der Waals surface area contributed by atoms with Crippen LogP contribution in [0.2, 0.25) is 0 Å². The van der Waals surface area contributed by atoms with Crippen molar-refractivity contribution in [2.45, 2.75) is 6.42 Å². The van der Waals surface area contributed by atoms with Crippen LogP contribution in [0.4, 0.5) is 5.69 Å². The second-order valence-corrected chi connectivity index (χ2v) is 5.01. The van der Waals surface area contributed by atoms with Crippen molar-refractivity contribution in [2.24, 2.45) is 0 Å². The summed E-state index contributed by atoms with van der Waals surface area (Å²) in [6, 6.07) is 5.46. The Morgan fingerprint density at radius 2 is 2.21 bits per heavy atom. The summed E-state index contributed by atoms with van der Waals surface area (Å²) in [5, 5.41) is 0. The van der Waals surface area contributed by atoms with Crippen LogP contribution in [0, 0.1) is 0 Å². The summed E-state index contributed by atoms with van der Waals surface area (Å²) in [4.78, 5) is 0. The van der Waals surface area contributed by atoms with Gasteiger partial charge in [-0.2, -0.15) is 0 Å². The molecule has 0 bridgehead atoms. The summed E-state index contributed by atoms with van der Waals surface area (Å²) in [5.74, 6) is 0.665. The molecule has 0 atom stereocenters. The first kappa shape index (κ1) is 9.33. The van der Waals surface area contributed by atoms with Crippen LogP contribution in [0.25, 0.3) is 0 Å². The Bertz CT molecular complexity index is 453. The third kappa shape index (κ3) is 1.82. The highest BCUT2D eigenvalue weighted by molar-refractivity contribution is 7.92. The lowest BCUT2D eigenvalue weighted by atomic mass is 10.1. The van der Waals surface area contributed by atoms with Gasteiger partial charge in [0.15, 0.2) is 0 Å². The number of ether oxygens (including phenoxy) is 1. The maximum Gasteiger partial charge on any atom is 0.229 e. The Kier molecular flexibility index (Phi) is 2.11. The van der Waals surface area contributed by atoms with Gasteiger partial charge < -0.3 is 4.74 Å². The Balaban J connectivity index is 2.40. The molecular weight excluding hydrogens is 202 g/mol. The maximum atomic E-state index is 11.0. The van der Waals surface area contributed by atoms with Gasteiger partial charge in [-0.05, 0) is 11.6 Å². The van der Waals surface area contributed by atoms with E-state index < -0.39 is 10.0 Å². The van der Waals surface area contributed by atoms with E-state index in [2.05, 4.69) is 4.72 Å². The van der Waals surface area contributed by atoms with Crippen LogP contribution >= 0.6 is 0 Å². The molecule has 0 unspecified atom stereocenters. The monoisotopic (exact) mass is 213 g/mol. The van der Waals surface area contributed by atoms with Gasteiger partial charge >= 0.3 is 0 Å². The topological polar surface area (TPSA) is 55.4 Å². The fourth-order valence-corrected chi connectivity index (χ4v) is 2.06. The van der Waals surface area contributed by atoms with Gasteiger partial charge in [0.25, 0.3) is 0 Å². The predicted molar refractivity (Wildman–Crippen MR) is 54.1 cm³/mol. The van der Waals surface area contributed by atoms with Crippen molar-refractivity contribution in [3.8, 4) is 5.75 Å². The molecule has 1 heterocycles. The summed E-state index contributed by atoms with van der Waals surface area (Å²) >= 11 is 0. The molecule has 1 N–H and O–H groups in total. The van der Waals surface area contributed by atoms with Crippen molar-refractivity contribution in [3.63, 3.8) is 0 Å². The molecule has 14 heavy (non-hydrogen) atoms. The number of benzene rings is 1. The molecule has 2 rings (SSSR count). The SMILES string of the molecule is CS(=O)(=O)Nc1cccc2c1OCC2. The Morgan fingerprint density at radius 1 is 1.43 bits per heavy atom. The summed E-state index contributed by atoms with van der Waals surface area (Å²) in [7, 11) is -3.23. The van der Waals surface area contributed by atoms with E-state index in [9.17, 15) is 8.42 Å². The molecule has 0 saturated carbocycles. The second kappa shape index (κ2) is 3.16. The second-order valence-electron chi connectivity index (χ2n) is 3.27. The van der Waals surface area contributed by atoms with E-state index >= 15 is 0 Å². The molecule has 5 heteroatoms. The van der Waals surface area contributed by atoms with Gasteiger partial charge in [0.2, 0.25) is 10.0 Å². The van der Waals surface area contributed by atoms with Gasteiger partial charge in [-0.1, -0.05) is 12.1 Å². The van der Waals surface area contributed by atoms with Crippen LogP contribution in [0.1, 0.15) is 5.56 Å². The molecule has 1 aromatic carbocycles. The molecule has 0 aliphatic carbocycles. The van der Waals surface area contributed by atoms with Crippen LogP contribution in [-0.2, 0) is 16.4 Å². The van der Waals surface area contributed by atoms with E-state index in [-0.39, 0.29) is 0 Å². The van der Waals surface area contributed by atoms with Gasteiger partial charge in [-0.25, -0.2) is 8.42 Å². The minimum Gasteiger partial charge on any atom is -0.491 e. The normalized spacial score (nSPS) is 14.6. The molecule has 0 spiro atoms. The molecule has 76 valence electrons. The van der Waals surface area contributed by atoms with Crippen molar-refractivity contribution in [3.05, 3.63) is 23.8 Å². The lowest BCUT2D eigenvalue weighted by Gasteiger charge is -2.08. The summed E-state index contributed by atoms with van der Waals surface area (Å²) in [6.07, 6.45) is 1.97. The van der Waals surface area contributed by atoms with E-state index in [0.717, 1.165) is 18.2 Å². The van der Waals surface area contributed by atoms with Crippen molar-refractivity contribution >= 4 is 15.7 Å². The third-order valence-corrected chi connectivity index (χ3v) is 2.60. The maximum absolute atomic E-state index is 11.0. The van der Waals surface area contributed by atoms with Crippen LogP contribution in [0.3, 0.4) is 0 Å². The van der Waals surface area contributed by atoms with Crippen LogP contribution in [-0.4, -0.2) is 21.3 Å². The summed E-state index contributed by atoms with van der Waals surface area (Å²) in [6.45, 7) is 0.623. The van der Waals surface area contributed by atoms with E-state index in [1.807, 2.05) is 12.1 Å². The van der Waals surface area contributed by atoms with Gasteiger partial charge in [-0.15, -0.1) is 0 Å². The van der Waals surface area contributed by atoms with Crippen molar-refractivity contribution in [1.29, 1.82) is 0 Å². The molecule has 1 aromatic rings. The molecule has 1 aliphatic rings. The number of nitrogens with one attached hydrogen (secondary N) is 1. The molecule has 0 radical (unpaired) electrons. The van der Waals surface area contributed by atoms with Crippen molar-refractivity contribution in [2.75, 3.05) is 17.6 Å². The van der Waals surface area contributed by atoms with Gasteiger partial charge in [0.1, 0.15) is 5.75 Å². The first-order valence-corrected chi connectivity index (χ1v) is 6.18. The molecule has 4 nitrogen and oxygen atoms in total. The Hall–Kier alpha value is -1.23. The number of hydrogen-bond acceptors (Lipinski definition) is 3. The lowest BCUT2D eigenvalue weighted by Crippen LogP contribution is -2.10. The van der Waals surface area contributed by atoms with Gasteiger partial charge in [0, 0.05) is 6.42 Å². The average molecular weight is 213 g/mol. The molecule has 1 aliphatic heterocycles. The number of para-hydroxylation sites is 1. The number of fused-ring (bicyclic) bond motifs is 1. The van der Waals surface area contributed by atoms with Crippen molar-refractivity contribution < 1.29 is 13.2 Å². The summed E-state index contributed by atoms with van der Waals surface area (Å²) in [5.41, 5.74) is 1.58. The number of hydrogen-bond donors (Lipinski definition) is 1. The quantitative estimate of drug-likeness (QED) is 0.797. The number of sulfonamides is 1. The fourth-order valence-electron chi connectivity index (χ4n) is 1.50. The number of rotatable bonds is 2. The fraction of sp³-hybridized carbons (Fsp3) is 0.333. The Morgan fingerprint density at radius 3 is 2.93 bits per heavy atom. The highest BCUT2D eigenvalue weighted by Gasteiger charge is 2.17. The molecule has 0 fully saturated rings. The first-order valence-electron chi connectivity index (χ1n) is 4.29. The van der Waals surface area contributed by atoms with Crippen molar-refractivity contribution in [1.82, 2.24) is 0 Å². The smallest absolute Gasteiger partial charge is 0.229 e. The molecule has 0 saturated heterocycles. The molecule has 0 amide bonds. The lowest BCUT2D eigenvalue weighted by molar-refractivity contribution is 0.358. The minimum absolute atomic E-state index is 0.530. The zero-order valence-electron chi connectivity index (χ0n) is 7.78. The minimum atomic E-state index is -3.23. The number of anilines is 1. The predicted octanol–water partition coefficient (Wildman–Crippen LogP) is 0.993. The average Bonchev–Trinajstić information content (AvgIpc) is 2.49. The van der Waals surface area contributed by atoms with Crippen LogP contribution < -0.4 is 9.46 Å². The van der Waals surface area contributed by atoms with Gasteiger partial charge in [0.05, 0.1) is 18.6 Å². The Labute approximate surface area is 82.9 Å². The van der Waals surface area contributed by atoms with Crippen LogP contribution in [0.15, 0.2) is 18.2 Å². The third-order valence-electron chi connectivity index (χ3n) is 2.01. The standard InChI is InChI=1S/C9H11NO3S/c1-14(11,12)10-8-4-2-3-7-5-6-13-9(7)8/h2-4,10H,5-6H2,1H3. The molecular formula is C9H11NO3S. The van der Waals surface area contributed by atoms with E-state index in [4.69, 9.17) is 4.74 Å². The highest BCUT2D eigenvalue weighted by atomic mass is 32.2. The summed E-state index contributed by atoms with van der Waals surface area (Å²) < 4.78 is 29.8. The van der Waals surface area contributed by atoms with Gasteiger partial charge in [-0.3, -0.25) is 4.72 Å². The van der Waals surface area contributed by atoms with E-state index in [1.54, 1.807) is 6.07 Å². The van der Waals surface area contributed by atoms with E-state index in [1.165, 1.54) is 0 Å². The van der Waals surface area contributed by atoms with E-state index in [0.29, 0.717) is 18.0 Å². The molecule has 0 aromatic heterocycles. The largest absolute Gasteiger partial charge is 0.491 e. The zero-order chi connectivity index (χ0) is 10.2. The zero-order valence-corrected chi connectivity index (χ0v) is 8.60. The van der Waals surface area contributed by atoms with Crippen LogP contribution in [0.5, 0.6) is 5.75 Å².